The number of hydrogen-bond acceptors (Lipinski definition) is 5. The molecule has 17 heavy (non-hydrogen) atoms. The van der Waals surface area contributed by atoms with E-state index in [1.807, 2.05) is 6.92 Å². The summed E-state index contributed by atoms with van der Waals surface area (Å²) in [7, 11) is 0. The maximum Gasteiger partial charge on any atom is 0.317 e. The van der Waals surface area contributed by atoms with Gasteiger partial charge in [0.2, 0.25) is 5.91 Å². The lowest BCUT2D eigenvalue weighted by molar-refractivity contribution is -0.138. The Labute approximate surface area is 103 Å². The minimum Gasteiger partial charge on any atom is -0.480 e. The number of nitrogens with two attached hydrogens (primary N) is 1. The number of nitrogens with zero attached hydrogens (tertiary/aromatic N) is 2. The summed E-state index contributed by atoms with van der Waals surface area (Å²) < 4.78 is 0. The number of thiazole rings is 1. The molecule has 0 fully saturated rings. The molecule has 0 bridgehead atoms. The van der Waals surface area contributed by atoms with Crippen LogP contribution in [-0.4, -0.2) is 46.5 Å². The van der Waals surface area contributed by atoms with Crippen LogP contribution in [-0.2, 0) is 16.0 Å². The smallest absolute Gasteiger partial charge is 0.317 e. The van der Waals surface area contributed by atoms with Gasteiger partial charge >= 0.3 is 5.97 Å². The Kier molecular flexibility index (Phi) is 5.05. The number of hydrogen-bond donors (Lipinski definition) is 2. The fourth-order valence-corrected chi connectivity index (χ4v) is 2.22. The van der Waals surface area contributed by atoms with E-state index in [0.717, 1.165) is 10.6 Å². The molecule has 0 aliphatic carbocycles. The predicted octanol–water partition coefficient (Wildman–Crippen LogP) is -0.134. The van der Waals surface area contributed by atoms with Gasteiger partial charge < -0.3 is 10.8 Å². The zero-order chi connectivity index (χ0) is 12.8. The summed E-state index contributed by atoms with van der Waals surface area (Å²) in [5.74, 6) is -1.49. The summed E-state index contributed by atoms with van der Waals surface area (Å²) in [5, 5.41) is 8.71. The minimum atomic E-state index is -0.965. The standard InChI is InChI=1S/C10H15N3O3S/c1-7-8(17-6-12-7)2-3-13(4-9(11)14)5-10(15)16/h6H,2-5H2,1H3,(H2,11,14)(H,15,16). The highest BCUT2D eigenvalue weighted by Crippen LogP contribution is 2.13. The van der Waals surface area contributed by atoms with E-state index in [0.29, 0.717) is 13.0 Å². The molecule has 1 rings (SSSR count). The van der Waals surface area contributed by atoms with Gasteiger partial charge in [-0.1, -0.05) is 0 Å². The van der Waals surface area contributed by atoms with Crippen LogP contribution in [0.4, 0.5) is 0 Å². The number of amides is 1. The molecule has 1 heterocycles. The molecule has 7 heteroatoms. The summed E-state index contributed by atoms with van der Waals surface area (Å²) in [6, 6.07) is 0. The molecule has 1 aromatic rings. The third-order valence-corrected chi connectivity index (χ3v) is 3.23. The zero-order valence-electron chi connectivity index (χ0n) is 9.55. The molecule has 0 unspecified atom stereocenters. The van der Waals surface area contributed by atoms with Crippen LogP contribution in [0.5, 0.6) is 0 Å². The molecule has 94 valence electrons. The number of primary amides is 1. The van der Waals surface area contributed by atoms with Gasteiger partial charge in [0, 0.05) is 11.4 Å². The lowest BCUT2D eigenvalue weighted by atomic mass is 10.3. The Morgan fingerprint density at radius 2 is 2.24 bits per heavy atom. The summed E-state index contributed by atoms with van der Waals surface area (Å²) in [6.07, 6.45) is 0.678. The summed E-state index contributed by atoms with van der Waals surface area (Å²) >= 11 is 1.53. The maximum absolute atomic E-state index is 10.8. The molecule has 0 saturated carbocycles. The third-order valence-electron chi connectivity index (χ3n) is 2.24. The number of carbonyl (C=O) groups excluding carboxylic acids is 1. The number of carboxylic acids is 1. The van der Waals surface area contributed by atoms with Crippen LogP contribution in [0.1, 0.15) is 10.6 Å². The Morgan fingerprint density at radius 3 is 2.71 bits per heavy atom. The molecular weight excluding hydrogens is 242 g/mol. The number of carboxylic acid groups (broad SMARTS) is 1. The van der Waals surface area contributed by atoms with Crippen molar-refractivity contribution in [3.8, 4) is 0 Å². The van der Waals surface area contributed by atoms with Crippen molar-refractivity contribution in [3.63, 3.8) is 0 Å². The fourth-order valence-electron chi connectivity index (χ4n) is 1.45. The first-order chi connectivity index (χ1) is 7.99. The topological polar surface area (TPSA) is 96.5 Å². The van der Waals surface area contributed by atoms with Crippen molar-refractivity contribution in [1.82, 2.24) is 9.88 Å². The first kappa shape index (κ1) is 13.6. The molecule has 0 atom stereocenters. The number of aliphatic carboxylic acids is 1. The van der Waals surface area contributed by atoms with Crippen molar-refractivity contribution in [3.05, 3.63) is 16.1 Å². The highest BCUT2D eigenvalue weighted by molar-refractivity contribution is 7.09. The van der Waals surface area contributed by atoms with Gasteiger partial charge in [-0.3, -0.25) is 14.5 Å². The minimum absolute atomic E-state index is 0.0375. The van der Waals surface area contributed by atoms with E-state index in [9.17, 15) is 9.59 Å². The second kappa shape index (κ2) is 6.31. The second-order valence-corrected chi connectivity index (χ2v) is 4.62. The average Bonchev–Trinajstić information content (AvgIpc) is 2.59. The molecule has 0 aromatic carbocycles. The van der Waals surface area contributed by atoms with E-state index in [2.05, 4.69) is 4.98 Å². The van der Waals surface area contributed by atoms with E-state index >= 15 is 0 Å². The first-order valence-corrected chi connectivity index (χ1v) is 5.98. The van der Waals surface area contributed by atoms with E-state index in [1.165, 1.54) is 16.2 Å². The van der Waals surface area contributed by atoms with Crippen molar-refractivity contribution in [2.75, 3.05) is 19.6 Å². The molecule has 0 radical (unpaired) electrons. The van der Waals surface area contributed by atoms with Crippen LogP contribution < -0.4 is 5.73 Å². The van der Waals surface area contributed by atoms with Gasteiger partial charge in [0.05, 0.1) is 24.3 Å². The predicted molar refractivity (Wildman–Crippen MR) is 63.8 cm³/mol. The molecule has 0 aliphatic heterocycles. The van der Waals surface area contributed by atoms with Gasteiger partial charge in [0.1, 0.15) is 0 Å². The van der Waals surface area contributed by atoms with E-state index < -0.39 is 11.9 Å². The number of aryl methyl sites for hydroxylation is 1. The van der Waals surface area contributed by atoms with Crippen molar-refractivity contribution < 1.29 is 14.7 Å². The summed E-state index contributed by atoms with van der Waals surface area (Å²) in [4.78, 5) is 28.1. The average molecular weight is 257 g/mol. The van der Waals surface area contributed by atoms with Gasteiger partial charge in [-0.05, 0) is 13.3 Å². The normalized spacial score (nSPS) is 10.7. The Bertz CT molecular complexity index is 389. The van der Waals surface area contributed by atoms with E-state index in [1.54, 1.807) is 5.51 Å². The summed E-state index contributed by atoms with van der Waals surface area (Å²) in [6.45, 7) is 2.17. The lowest BCUT2D eigenvalue weighted by Crippen LogP contribution is -2.38. The molecule has 0 saturated heterocycles. The third kappa shape index (κ3) is 4.92. The number of aromatic nitrogens is 1. The highest BCUT2D eigenvalue weighted by Gasteiger charge is 2.13. The zero-order valence-corrected chi connectivity index (χ0v) is 10.4. The Balaban J connectivity index is 2.51. The van der Waals surface area contributed by atoms with Gasteiger partial charge in [-0.15, -0.1) is 11.3 Å². The largest absolute Gasteiger partial charge is 0.480 e. The molecule has 1 amide bonds. The van der Waals surface area contributed by atoms with Gasteiger partial charge in [0.25, 0.3) is 0 Å². The molecule has 3 N–H and O–H groups in total. The van der Waals surface area contributed by atoms with Crippen molar-refractivity contribution in [2.24, 2.45) is 5.73 Å². The van der Waals surface area contributed by atoms with Crippen LogP contribution in [0, 0.1) is 6.92 Å². The molecule has 6 nitrogen and oxygen atoms in total. The van der Waals surface area contributed by atoms with E-state index in [-0.39, 0.29) is 13.1 Å². The van der Waals surface area contributed by atoms with Gasteiger partial charge in [-0.25, -0.2) is 4.98 Å². The van der Waals surface area contributed by atoms with Crippen LogP contribution >= 0.6 is 11.3 Å². The van der Waals surface area contributed by atoms with Crippen LogP contribution in [0.3, 0.4) is 0 Å². The van der Waals surface area contributed by atoms with Crippen LogP contribution in [0.2, 0.25) is 0 Å². The van der Waals surface area contributed by atoms with Crippen molar-refractivity contribution in [2.45, 2.75) is 13.3 Å². The fraction of sp³-hybridized carbons (Fsp3) is 0.500. The molecule has 1 aromatic heterocycles. The van der Waals surface area contributed by atoms with Crippen LogP contribution in [0.15, 0.2) is 5.51 Å². The molecule has 0 aliphatic rings. The van der Waals surface area contributed by atoms with Gasteiger partial charge in [-0.2, -0.15) is 0 Å². The van der Waals surface area contributed by atoms with Crippen LogP contribution in [0.25, 0.3) is 0 Å². The molecule has 0 spiro atoms. The first-order valence-electron chi connectivity index (χ1n) is 5.10. The summed E-state index contributed by atoms with van der Waals surface area (Å²) in [5.41, 5.74) is 7.76. The number of carbonyl (C=O) groups is 2. The van der Waals surface area contributed by atoms with Crippen molar-refractivity contribution >= 4 is 23.2 Å². The highest BCUT2D eigenvalue weighted by atomic mass is 32.1. The van der Waals surface area contributed by atoms with E-state index in [4.69, 9.17) is 10.8 Å². The monoisotopic (exact) mass is 257 g/mol. The Morgan fingerprint density at radius 1 is 1.53 bits per heavy atom. The quantitative estimate of drug-likeness (QED) is 0.709. The van der Waals surface area contributed by atoms with Gasteiger partial charge in [0.15, 0.2) is 0 Å². The number of rotatable bonds is 7. The second-order valence-electron chi connectivity index (χ2n) is 3.68. The van der Waals surface area contributed by atoms with Crippen molar-refractivity contribution in [1.29, 1.82) is 0 Å². The SMILES string of the molecule is Cc1ncsc1CCN(CC(N)=O)CC(=O)O. The molecular formula is C10H15N3O3S. The Hall–Kier alpha value is -1.47. The lowest BCUT2D eigenvalue weighted by Gasteiger charge is -2.17. The maximum atomic E-state index is 10.8.